The number of rotatable bonds is 4. The van der Waals surface area contributed by atoms with Gasteiger partial charge in [-0.1, -0.05) is 62.4 Å². The second kappa shape index (κ2) is 5.47. The highest BCUT2D eigenvalue weighted by Crippen LogP contribution is 2.87. The van der Waals surface area contributed by atoms with Gasteiger partial charge in [-0.05, 0) is 40.2 Å². The molecular formula is C23H18F6N4. The van der Waals surface area contributed by atoms with Crippen LogP contribution >= 0.6 is 0 Å². The second-order valence-electron chi connectivity index (χ2n) is 9.99. The molecule has 4 nitrogen and oxygen atoms in total. The number of hydrogen-bond donors (Lipinski definition) is 0. The van der Waals surface area contributed by atoms with E-state index < -0.39 is 23.7 Å². The van der Waals surface area contributed by atoms with Crippen molar-refractivity contribution >= 4 is 0 Å². The predicted octanol–water partition coefficient (Wildman–Crippen LogP) is 7.06. The van der Waals surface area contributed by atoms with Crippen LogP contribution in [0.4, 0.5) is 26.3 Å². The molecule has 1 spiro atoms. The van der Waals surface area contributed by atoms with Crippen molar-refractivity contribution in [3.63, 3.8) is 0 Å². The molecule has 0 bridgehead atoms. The Labute approximate surface area is 184 Å². The van der Waals surface area contributed by atoms with E-state index in [1.807, 2.05) is 0 Å². The lowest BCUT2D eigenvalue weighted by molar-refractivity contribution is -0.166. The third kappa shape index (κ3) is 2.39. The zero-order valence-electron chi connectivity index (χ0n) is 17.6. The van der Waals surface area contributed by atoms with E-state index in [0.717, 1.165) is 24.0 Å². The molecule has 2 aromatic carbocycles. The summed E-state index contributed by atoms with van der Waals surface area (Å²) in [5, 5.41) is 13.0. The van der Waals surface area contributed by atoms with E-state index in [-0.39, 0.29) is 27.4 Å². The van der Waals surface area contributed by atoms with Crippen molar-refractivity contribution in [2.45, 2.75) is 61.2 Å². The highest BCUT2D eigenvalue weighted by atomic mass is 19.4. The summed E-state index contributed by atoms with van der Waals surface area (Å²) < 4.78 is 79.6. The highest BCUT2D eigenvalue weighted by Gasteiger charge is 2.83. The summed E-state index contributed by atoms with van der Waals surface area (Å²) in [4.78, 5) is 0. The molecule has 0 aromatic heterocycles. The van der Waals surface area contributed by atoms with Crippen LogP contribution in [0.3, 0.4) is 0 Å². The lowest BCUT2D eigenvalue weighted by atomic mass is 9.86. The lowest BCUT2D eigenvalue weighted by Gasteiger charge is -2.20. The number of nitrogens with zero attached hydrogens (tertiary/aromatic N) is 4. The quantitative estimate of drug-likeness (QED) is 0.435. The van der Waals surface area contributed by atoms with Gasteiger partial charge in [-0.25, -0.2) is 0 Å². The van der Waals surface area contributed by atoms with Crippen molar-refractivity contribution in [2.24, 2.45) is 25.9 Å². The molecule has 2 aliphatic carbocycles. The third-order valence-electron chi connectivity index (χ3n) is 8.41. The fourth-order valence-corrected chi connectivity index (χ4v) is 5.96. The van der Waals surface area contributed by atoms with Crippen LogP contribution in [-0.4, -0.2) is 12.4 Å². The minimum Gasteiger partial charge on any atom is -0.166 e. The molecule has 2 aliphatic heterocycles. The smallest absolute Gasteiger partial charge is 0.166 e. The van der Waals surface area contributed by atoms with E-state index in [9.17, 15) is 26.3 Å². The van der Waals surface area contributed by atoms with E-state index in [1.165, 1.54) is 24.3 Å². The van der Waals surface area contributed by atoms with Crippen molar-refractivity contribution < 1.29 is 26.3 Å². The molecule has 4 aliphatic rings. The molecule has 0 amide bonds. The monoisotopic (exact) mass is 464 g/mol. The van der Waals surface area contributed by atoms with Crippen molar-refractivity contribution in [2.75, 3.05) is 0 Å². The maximum Gasteiger partial charge on any atom is 0.442 e. The molecule has 2 unspecified atom stereocenters. The molecule has 0 saturated heterocycles. The van der Waals surface area contributed by atoms with Gasteiger partial charge in [0, 0.05) is 11.1 Å². The Morgan fingerprint density at radius 1 is 0.545 bits per heavy atom. The second-order valence-corrected chi connectivity index (χ2v) is 9.99. The number of alkyl halides is 6. The predicted molar refractivity (Wildman–Crippen MR) is 104 cm³/mol. The first-order chi connectivity index (χ1) is 15.2. The molecule has 10 heteroatoms. The van der Waals surface area contributed by atoms with E-state index in [2.05, 4.69) is 34.3 Å². The van der Waals surface area contributed by atoms with Gasteiger partial charge in [0.25, 0.3) is 0 Å². The lowest BCUT2D eigenvalue weighted by Crippen LogP contribution is -2.30. The van der Waals surface area contributed by atoms with E-state index in [4.69, 9.17) is 0 Å². The standard InChI is InChI=1S/C23H18F6N4/c1-17(13-3-7-15(8-4-13)20(30-31-20)22(24,25)26)11-19(17)12-18(19,2)14-5-9-16(10-6-14)21(32-33-21)23(27,28)29/h3-10H,11-12H2,1-2H3. The highest BCUT2D eigenvalue weighted by molar-refractivity contribution is 5.54. The number of benzene rings is 2. The van der Waals surface area contributed by atoms with Crippen molar-refractivity contribution in [3.05, 3.63) is 70.8 Å². The van der Waals surface area contributed by atoms with Crippen LogP contribution in [0.5, 0.6) is 0 Å². The molecular weight excluding hydrogens is 446 g/mol. The van der Waals surface area contributed by atoms with Gasteiger partial charge in [-0.2, -0.15) is 26.3 Å². The van der Waals surface area contributed by atoms with Crippen LogP contribution in [0, 0.1) is 5.41 Å². The zero-order chi connectivity index (χ0) is 23.7. The maximum absolute atomic E-state index is 13.3. The van der Waals surface area contributed by atoms with Crippen LogP contribution in [0.25, 0.3) is 0 Å². The molecule has 0 N–H and O–H groups in total. The third-order valence-corrected chi connectivity index (χ3v) is 8.41. The van der Waals surface area contributed by atoms with Crippen LogP contribution < -0.4 is 0 Å². The van der Waals surface area contributed by atoms with E-state index >= 15 is 0 Å². The Bertz CT molecular complexity index is 1120. The Morgan fingerprint density at radius 3 is 1.06 bits per heavy atom. The molecule has 2 atom stereocenters. The number of halogens is 6. The van der Waals surface area contributed by atoms with E-state index in [0.29, 0.717) is 0 Å². The summed E-state index contributed by atoms with van der Waals surface area (Å²) in [6.45, 7) is 4.18. The molecule has 6 rings (SSSR count). The van der Waals surface area contributed by atoms with Gasteiger partial charge in [0.05, 0.1) is 0 Å². The van der Waals surface area contributed by atoms with Crippen LogP contribution in [0.2, 0.25) is 0 Å². The summed E-state index contributed by atoms with van der Waals surface area (Å²) in [5.41, 5.74) is -3.51. The summed E-state index contributed by atoms with van der Waals surface area (Å²) in [5.74, 6) is 0. The van der Waals surface area contributed by atoms with Gasteiger partial charge in [-0.15, -0.1) is 20.5 Å². The van der Waals surface area contributed by atoms with Crippen LogP contribution in [0.15, 0.2) is 69.0 Å². The molecule has 2 heterocycles. The molecule has 2 aromatic rings. The minimum absolute atomic E-state index is 0.000644. The first kappa shape index (κ1) is 20.8. The van der Waals surface area contributed by atoms with Crippen molar-refractivity contribution in [1.82, 2.24) is 0 Å². The topological polar surface area (TPSA) is 49.4 Å². The van der Waals surface area contributed by atoms with Gasteiger partial charge >= 0.3 is 23.7 Å². The van der Waals surface area contributed by atoms with Crippen LogP contribution in [-0.2, 0) is 22.2 Å². The SMILES string of the molecule is CC1(c2ccc(C3(C(F)(F)F)N=N3)cc2)CC12CC2(C)c1ccc(C2(C(F)(F)F)N=N2)cc1. The number of hydrogen-bond acceptors (Lipinski definition) is 4. The Hall–Kier alpha value is -2.78. The fraction of sp³-hybridized carbons (Fsp3) is 0.478. The maximum atomic E-state index is 13.3. The average molecular weight is 464 g/mol. The first-order valence-corrected chi connectivity index (χ1v) is 10.5. The minimum atomic E-state index is -4.56. The summed E-state index contributed by atoms with van der Waals surface area (Å²) >= 11 is 0. The van der Waals surface area contributed by atoms with E-state index in [1.54, 1.807) is 24.3 Å². The first-order valence-electron chi connectivity index (χ1n) is 10.5. The Morgan fingerprint density at radius 2 is 0.818 bits per heavy atom. The van der Waals surface area contributed by atoms with Gasteiger partial charge in [0.15, 0.2) is 0 Å². The van der Waals surface area contributed by atoms with Gasteiger partial charge < -0.3 is 0 Å². The summed E-state index contributed by atoms with van der Waals surface area (Å²) in [7, 11) is 0. The zero-order valence-corrected chi connectivity index (χ0v) is 17.6. The van der Waals surface area contributed by atoms with Gasteiger partial charge in [0.1, 0.15) is 0 Å². The molecule has 33 heavy (non-hydrogen) atoms. The summed E-state index contributed by atoms with van der Waals surface area (Å²) in [6.07, 6.45) is -7.42. The summed E-state index contributed by atoms with van der Waals surface area (Å²) in [6, 6.07) is 12.6. The average Bonchev–Trinajstić information content (AvgIpc) is 3.59. The molecule has 2 fully saturated rings. The fourth-order valence-electron chi connectivity index (χ4n) is 5.96. The van der Waals surface area contributed by atoms with Crippen molar-refractivity contribution in [1.29, 1.82) is 0 Å². The largest absolute Gasteiger partial charge is 0.442 e. The molecule has 0 radical (unpaired) electrons. The van der Waals surface area contributed by atoms with Crippen LogP contribution in [0.1, 0.15) is 48.9 Å². The van der Waals surface area contributed by atoms with Crippen molar-refractivity contribution in [3.8, 4) is 0 Å². The Balaban J connectivity index is 1.23. The Kier molecular flexibility index (Phi) is 3.45. The normalized spacial score (nSPS) is 34.4. The van der Waals surface area contributed by atoms with Gasteiger partial charge in [-0.3, -0.25) is 0 Å². The molecule has 172 valence electrons. The van der Waals surface area contributed by atoms with Gasteiger partial charge in [0.2, 0.25) is 0 Å². The molecule has 2 saturated carbocycles.